The van der Waals surface area contributed by atoms with Crippen LogP contribution in [-0.4, -0.2) is 65.4 Å². The maximum absolute atomic E-state index is 12.4. The lowest BCUT2D eigenvalue weighted by atomic mass is 10.1. The first-order valence-electron chi connectivity index (χ1n) is 14.0. The zero-order valence-corrected chi connectivity index (χ0v) is 25.2. The molecule has 0 saturated carbocycles. The predicted molar refractivity (Wildman–Crippen MR) is 165 cm³/mol. The van der Waals surface area contributed by atoms with Gasteiger partial charge in [0.05, 0.1) is 4.88 Å². The van der Waals surface area contributed by atoms with Crippen LogP contribution in [-0.2, 0) is 4.74 Å². The van der Waals surface area contributed by atoms with Gasteiger partial charge in [-0.2, -0.15) is 0 Å². The van der Waals surface area contributed by atoms with Crippen molar-refractivity contribution in [3.05, 3.63) is 72.3 Å². The number of hydrogen-bond donors (Lipinski definition) is 1. The van der Waals surface area contributed by atoms with Gasteiger partial charge in [0, 0.05) is 42.3 Å². The Kier molecular flexibility index (Phi) is 8.42. The number of benzene rings is 3. The summed E-state index contributed by atoms with van der Waals surface area (Å²) >= 11 is 1.61. The van der Waals surface area contributed by atoms with E-state index in [4.69, 9.17) is 14.2 Å². The van der Waals surface area contributed by atoms with E-state index in [9.17, 15) is 9.90 Å². The van der Waals surface area contributed by atoms with Crippen LogP contribution >= 0.6 is 11.3 Å². The van der Waals surface area contributed by atoms with Crippen molar-refractivity contribution >= 4 is 27.5 Å². The van der Waals surface area contributed by atoms with E-state index in [0.29, 0.717) is 25.4 Å². The van der Waals surface area contributed by atoms with E-state index in [1.165, 1.54) is 5.56 Å². The number of piperazine rings is 1. The number of aryl methyl sites for hydroxylation is 1. The molecule has 2 heterocycles. The molecule has 0 bridgehead atoms. The Morgan fingerprint density at radius 3 is 2.27 bits per heavy atom. The molecule has 216 valence electrons. The SMILES string of the molecule is Cc1ccc(-c2sc3cc(O)ccc3c2Oc2ccc(OC[C@H](C)N3CCN(C(=O)OC(C)(C)C)CC3)cc2)cc1. The maximum Gasteiger partial charge on any atom is 0.410 e. The fourth-order valence-electron chi connectivity index (χ4n) is 4.77. The minimum atomic E-state index is -0.485. The Morgan fingerprint density at radius 2 is 1.61 bits per heavy atom. The second-order valence-electron chi connectivity index (χ2n) is 11.5. The van der Waals surface area contributed by atoms with Gasteiger partial charge in [-0.25, -0.2) is 4.79 Å². The molecule has 1 atom stereocenters. The summed E-state index contributed by atoms with van der Waals surface area (Å²) in [5.41, 5.74) is 1.79. The lowest BCUT2D eigenvalue weighted by Gasteiger charge is -2.38. The second-order valence-corrected chi connectivity index (χ2v) is 12.6. The number of aromatic hydroxyl groups is 1. The number of carbonyl (C=O) groups excluding carboxylic acids is 1. The number of thiophene rings is 1. The van der Waals surface area contributed by atoms with Crippen LogP contribution in [0.1, 0.15) is 33.3 Å². The molecule has 0 spiro atoms. The van der Waals surface area contributed by atoms with Gasteiger partial charge in [-0.1, -0.05) is 29.8 Å². The Hall–Kier alpha value is -3.75. The maximum atomic E-state index is 12.4. The number of fused-ring (bicyclic) bond motifs is 1. The molecular formula is C33H38N2O5S. The molecule has 1 amide bonds. The molecule has 1 aromatic heterocycles. The molecular weight excluding hydrogens is 536 g/mol. The fraction of sp³-hybridized carbons (Fsp3) is 0.364. The zero-order valence-electron chi connectivity index (χ0n) is 24.3. The molecule has 41 heavy (non-hydrogen) atoms. The van der Waals surface area contributed by atoms with Crippen LogP contribution in [0.5, 0.6) is 23.0 Å². The van der Waals surface area contributed by atoms with E-state index >= 15 is 0 Å². The fourth-order valence-corrected chi connectivity index (χ4v) is 5.94. The first kappa shape index (κ1) is 28.8. The number of rotatable bonds is 7. The first-order chi connectivity index (χ1) is 19.6. The van der Waals surface area contributed by atoms with E-state index in [2.05, 4.69) is 43.0 Å². The molecule has 7 nitrogen and oxygen atoms in total. The summed E-state index contributed by atoms with van der Waals surface area (Å²) in [6.07, 6.45) is -0.247. The minimum Gasteiger partial charge on any atom is -0.508 e. The van der Waals surface area contributed by atoms with Crippen molar-refractivity contribution in [1.29, 1.82) is 0 Å². The minimum absolute atomic E-state index is 0.206. The van der Waals surface area contributed by atoms with Gasteiger partial charge in [-0.15, -0.1) is 11.3 Å². The normalized spacial score (nSPS) is 15.1. The van der Waals surface area contributed by atoms with Crippen LogP contribution in [0.4, 0.5) is 4.79 Å². The number of ether oxygens (including phenoxy) is 3. The average molecular weight is 575 g/mol. The van der Waals surface area contributed by atoms with E-state index < -0.39 is 5.60 Å². The summed E-state index contributed by atoms with van der Waals surface area (Å²) in [6, 6.07) is 21.6. The summed E-state index contributed by atoms with van der Waals surface area (Å²) in [4.78, 5) is 17.5. The number of carbonyl (C=O) groups is 1. The van der Waals surface area contributed by atoms with Gasteiger partial charge in [0.25, 0.3) is 0 Å². The molecule has 1 saturated heterocycles. The van der Waals surface area contributed by atoms with Crippen LogP contribution in [0.15, 0.2) is 66.7 Å². The molecule has 1 N–H and O–H groups in total. The van der Waals surface area contributed by atoms with Gasteiger partial charge in [0.2, 0.25) is 0 Å². The Bertz CT molecular complexity index is 1480. The Morgan fingerprint density at radius 1 is 0.951 bits per heavy atom. The lowest BCUT2D eigenvalue weighted by Crippen LogP contribution is -2.53. The number of phenolic OH excluding ortho intramolecular Hbond substituents is 1. The topological polar surface area (TPSA) is 71.5 Å². The summed E-state index contributed by atoms with van der Waals surface area (Å²) in [5, 5.41) is 11.0. The van der Waals surface area contributed by atoms with E-state index in [-0.39, 0.29) is 17.9 Å². The van der Waals surface area contributed by atoms with E-state index in [0.717, 1.165) is 45.1 Å². The molecule has 1 aliphatic heterocycles. The molecule has 0 unspecified atom stereocenters. The van der Waals surface area contributed by atoms with Gasteiger partial charge in [-0.05, 0) is 82.6 Å². The lowest BCUT2D eigenvalue weighted by molar-refractivity contribution is 0.00882. The summed E-state index contributed by atoms with van der Waals surface area (Å²) < 4.78 is 19.0. The number of nitrogens with zero attached hydrogens (tertiary/aromatic N) is 2. The molecule has 5 rings (SSSR count). The van der Waals surface area contributed by atoms with Gasteiger partial charge in [0.1, 0.15) is 29.5 Å². The van der Waals surface area contributed by atoms with Gasteiger partial charge in [-0.3, -0.25) is 4.90 Å². The highest BCUT2D eigenvalue weighted by Crippen LogP contribution is 2.47. The van der Waals surface area contributed by atoms with Crippen LogP contribution in [0.25, 0.3) is 20.5 Å². The summed E-state index contributed by atoms with van der Waals surface area (Å²) in [7, 11) is 0. The van der Waals surface area contributed by atoms with Gasteiger partial charge >= 0.3 is 6.09 Å². The molecule has 3 aromatic carbocycles. The second kappa shape index (κ2) is 12.0. The van der Waals surface area contributed by atoms with Crippen LogP contribution < -0.4 is 9.47 Å². The third-order valence-electron chi connectivity index (χ3n) is 7.07. The van der Waals surface area contributed by atoms with E-state index in [1.54, 1.807) is 28.4 Å². The highest BCUT2D eigenvalue weighted by molar-refractivity contribution is 7.22. The number of hydrogen-bond acceptors (Lipinski definition) is 7. The molecule has 0 radical (unpaired) electrons. The predicted octanol–water partition coefficient (Wildman–Crippen LogP) is 7.69. The highest BCUT2D eigenvalue weighted by atomic mass is 32.1. The van der Waals surface area contributed by atoms with Crippen molar-refractivity contribution in [1.82, 2.24) is 9.80 Å². The van der Waals surface area contributed by atoms with Crippen LogP contribution in [0.2, 0.25) is 0 Å². The van der Waals surface area contributed by atoms with Crippen molar-refractivity contribution < 1.29 is 24.1 Å². The summed E-state index contributed by atoms with van der Waals surface area (Å²) in [6.45, 7) is 13.3. The number of amides is 1. The quantitative estimate of drug-likeness (QED) is 0.244. The Labute approximate surface area is 245 Å². The van der Waals surface area contributed by atoms with Gasteiger partial charge < -0.3 is 24.2 Å². The molecule has 8 heteroatoms. The number of phenols is 1. The van der Waals surface area contributed by atoms with Crippen molar-refractivity contribution in [2.75, 3.05) is 32.8 Å². The third-order valence-corrected chi connectivity index (χ3v) is 8.25. The van der Waals surface area contributed by atoms with Crippen molar-refractivity contribution in [2.24, 2.45) is 0 Å². The standard InChI is InChI=1S/C33H38N2O5S/c1-22-6-8-24(9-7-22)31-30(28-15-10-25(36)20-29(28)41-31)39-27-13-11-26(12-14-27)38-21-23(2)34-16-18-35(19-17-34)32(37)40-33(3,4)5/h6-15,20,23,36H,16-19,21H2,1-5H3/t23-/m0/s1. The molecule has 1 aliphatic rings. The Balaban J connectivity index is 1.20. The smallest absolute Gasteiger partial charge is 0.410 e. The third kappa shape index (κ3) is 7.13. The molecule has 4 aromatic rings. The van der Waals surface area contributed by atoms with Crippen LogP contribution in [0, 0.1) is 6.92 Å². The zero-order chi connectivity index (χ0) is 29.1. The largest absolute Gasteiger partial charge is 0.508 e. The van der Waals surface area contributed by atoms with Crippen molar-refractivity contribution in [3.8, 4) is 33.4 Å². The highest BCUT2D eigenvalue weighted by Gasteiger charge is 2.27. The summed E-state index contributed by atoms with van der Waals surface area (Å²) in [5.74, 6) is 2.50. The monoisotopic (exact) mass is 574 g/mol. The van der Waals surface area contributed by atoms with Crippen LogP contribution in [0.3, 0.4) is 0 Å². The first-order valence-corrected chi connectivity index (χ1v) is 14.8. The molecule has 1 fully saturated rings. The van der Waals surface area contributed by atoms with Crippen molar-refractivity contribution in [3.63, 3.8) is 0 Å². The van der Waals surface area contributed by atoms with E-state index in [1.807, 2.05) is 51.1 Å². The van der Waals surface area contributed by atoms with Crippen molar-refractivity contribution in [2.45, 2.75) is 46.3 Å². The average Bonchev–Trinajstić information content (AvgIpc) is 3.29. The van der Waals surface area contributed by atoms with Gasteiger partial charge in [0.15, 0.2) is 5.75 Å². The molecule has 0 aliphatic carbocycles.